The summed E-state index contributed by atoms with van der Waals surface area (Å²) in [7, 11) is 0. The van der Waals surface area contributed by atoms with Gasteiger partial charge in [-0.2, -0.15) is 0 Å². The van der Waals surface area contributed by atoms with Crippen LogP contribution in [0.5, 0.6) is 0 Å². The van der Waals surface area contributed by atoms with Crippen LogP contribution >= 0.6 is 0 Å². The SMILES string of the molecule is N[C@@H]1CCC[C@@]12CCC[C@H]2O. The molecule has 0 bridgehead atoms. The number of hydrogen-bond acceptors (Lipinski definition) is 2. The molecule has 0 radical (unpaired) electrons. The van der Waals surface area contributed by atoms with E-state index in [9.17, 15) is 5.11 Å². The van der Waals surface area contributed by atoms with Crippen molar-refractivity contribution in [2.45, 2.75) is 50.7 Å². The third kappa shape index (κ3) is 0.926. The number of hydrogen-bond donors (Lipinski definition) is 2. The van der Waals surface area contributed by atoms with Gasteiger partial charge in [-0.1, -0.05) is 12.8 Å². The van der Waals surface area contributed by atoms with Crippen LogP contribution in [-0.2, 0) is 0 Å². The van der Waals surface area contributed by atoms with Crippen molar-refractivity contribution in [3.8, 4) is 0 Å². The molecule has 1 spiro atoms. The zero-order valence-electron chi connectivity index (χ0n) is 6.92. The first-order valence-electron chi connectivity index (χ1n) is 4.69. The van der Waals surface area contributed by atoms with Gasteiger partial charge in [0.15, 0.2) is 0 Å². The summed E-state index contributed by atoms with van der Waals surface area (Å²) >= 11 is 0. The van der Waals surface area contributed by atoms with Crippen LogP contribution in [0.25, 0.3) is 0 Å². The minimum absolute atomic E-state index is 0.0972. The van der Waals surface area contributed by atoms with Crippen molar-refractivity contribution in [1.82, 2.24) is 0 Å². The Morgan fingerprint density at radius 1 is 1.18 bits per heavy atom. The van der Waals surface area contributed by atoms with Crippen LogP contribution in [0.3, 0.4) is 0 Å². The summed E-state index contributed by atoms with van der Waals surface area (Å²) in [5, 5.41) is 9.77. The van der Waals surface area contributed by atoms with E-state index in [-0.39, 0.29) is 17.6 Å². The minimum Gasteiger partial charge on any atom is -0.392 e. The Morgan fingerprint density at radius 3 is 2.18 bits per heavy atom. The molecule has 2 heteroatoms. The molecule has 2 aliphatic carbocycles. The first kappa shape index (κ1) is 7.56. The molecule has 0 heterocycles. The molecule has 2 aliphatic rings. The third-order valence-electron chi connectivity index (χ3n) is 3.68. The fraction of sp³-hybridized carbons (Fsp3) is 1.00. The zero-order chi connectivity index (χ0) is 7.90. The molecule has 0 unspecified atom stereocenters. The predicted octanol–water partition coefficient (Wildman–Crippen LogP) is 1.03. The fourth-order valence-corrected chi connectivity index (χ4v) is 2.93. The summed E-state index contributed by atoms with van der Waals surface area (Å²) in [5.41, 5.74) is 6.14. The van der Waals surface area contributed by atoms with E-state index in [2.05, 4.69) is 0 Å². The second-order valence-corrected chi connectivity index (χ2v) is 4.14. The lowest BCUT2D eigenvalue weighted by Crippen LogP contribution is -2.42. The van der Waals surface area contributed by atoms with Crippen LogP contribution in [0.15, 0.2) is 0 Å². The van der Waals surface area contributed by atoms with Crippen molar-refractivity contribution in [2.75, 3.05) is 0 Å². The van der Waals surface area contributed by atoms with Crippen molar-refractivity contribution in [3.63, 3.8) is 0 Å². The second kappa shape index (κ2) is 2.46. The first-order valence-corrected chi connectivity index (χ1v) is 4.69. The molecule has 64 valence electrons. The topological polar surface area (TPSA) is 46.2 Å². The van der Waals surface area contributed by atoms with Gasteiger partial charge in [0.05, 0.1) is 6.10 Å². The highest BCUT2D eigenvalue weighted by Crippen LogP contribution is 2.49. The Hall–Kier alpha value is -0.0800. The van der Waals surface area contributed by atoms with Gasteiger partial charge in [-0.3, -0.25) is 0 Å². The van der Waals surface area contributed by atoms with Crippen LogP contribution in [0.1, 0.15) is 38.5 Å². The summed E-state index contributed by atoms with van der Waals surface area (Å²) in [6.07, 6.45) is 6.72. The molecule has 2 fully saturated rings. The molecule has 0 aromatic heterocycles. The smallest absolute Gasteiger partial charge is 0.0611 e. The molecule has 0 aliphatic heterocycles. The van der Waals surface area contributed by atoms with Gasteiger partial charge in [0.2, 0.25) is 0 Å². The maximum Gasteiger partial charge on any atom is 0.0611 e. The number of rotatable bonds is 0. The zero-order valence-corrected chi connectivity index (χ0v) is 6.92. The largest absolute Gasteiger partial charge is 0.392 e. The molecule has 3 N–H and O–H groups in total. The van der Waals surface area contributed by atoms with Crippen LogP contribution in [0.4, 0.5) is 0 Å². The molecule has 0 aromatic carbocycles. The molecule has 11 heavy (non-hydrogen) atoms. The predicted molar refractivity (Wildman–Crippen MR) is 44.1 cm³/mol. The Kier molecular flexibility index (Phi) is 1.69. The molecule has 2 rings (SSSR count). The highest BCUT2D eigenvalue weighted by Gasteiger charge is 2.48. The standard InChI is InChI=1S/C9H17NO/c10-7-3-1-5-9(7)6-2-4-8(9)11/h7-8,11H,1-6,10H2/t7-,8-,9-/m1/s1. The average molecular weight is 155 g/mol. The van der Waals surface area contributed by atoms with Crippen molar-refractivity contribution in [1.29, 1.82) is 0 Å². The Bertz CT molecular complexity index is 140. The molecule has 2 nitrogen and oxygen atoms in total. The van der Waals surface area contributed by atoms with Crippen molar-refractivity contribution in [3.05, 3.63) is 0 Å². The van der Waals surface area contributed by atoms with Gasteiger partial charge in [-0.25, -0.2) is 0 Å². The van der Waals surface area contributed by atoms with Gasteiger partial charge in [0, 0.05) is 11.5 Å². The summed E-state index contributed by atoms with van der Waals surface area (Å²) in [6.45, 7) is 0. The average Bonchev–Trinajstić information content (AvgIpc) is 2.48. The van der Waals surface area contributed by atoms with Gasteiger partial charge >= 0.3 is 0 Å². The van der Waals surface area contributed by atoms with E-state index in [0.29, 0.717) is 0 Å². The summed E-state index contributed by atoms with van der Waals surface area (Å²) in [6, 6.07) is 0.278. The van der Waals surface area contributed by atoms with E-state index in [1.54, 1.807) is 0 Å². The van der Waals surface area contributed by atoms with E-state index < -0.39 is 0 Å². The van der Waals surface area contributed by atoms with Crippen molar-refractivity contribution < 1.29 is 5.11 Å². The molecule has 0 amide bonds. The Labute approximate surface area is 67.8 Å². The Balaban J connectivity index is 2.19. The van der Waals surface area contributed by atoms with Crippen LogP contribution in [0, 0.1) is 5.41 Å². The summed E-state index contributed by atoms with van der Waals surface area (Å²) < 4.78 is 0. The van der Waals surface area contributed by atoms with E-state index in [0.717, 1.165) is 25.7 Å². The molecular weight excluding hydrogens is 138 g/mol. The van der Waals surface area contributed by atoms with Gasteiger partial charge in [0.1, 0.15) is 0 Å². The highest BCUT2D eigenvalue weighted by atomic mass is 16.3. The van der Waals surface area contributed by atoms with Crippen LogP contribution in [0.2, 0.25) is 0 Å². The van der Waals surface area contributed by atoms with Gasteiger partial charge in [-0.15, -0.1) is 0 Å². The van der Waals surface area contributed by atoms with Crippen molar-refractivity contribution >= 4 is 0 Å². The molecule has 3 atom stereocenters. The van der Waals surface area contributed by atoms with E-state index in [1.807, 2.05) is 0 Å². The maximum atomic E-state index is 9.77. The van der Waals surface area contributed by atoms with Crippen molar-refractivity contribution in [2.24, 2.45) is 11.1 Å². The van der Waals surface area contributed by atoms with Gasteiger partial charge < -0.3 is 10.8 Å². The molecule has 0 aromatic rings. The van der Waals surface area contributed by atoms with Crippen LogP contribution in [-0.4, -0.2) is 17.3 Å². The second-order valence-electron chi connectivity index (χ2n) is 4.14. The van der Waals surface area contributed by atoms with E-state index in [1.165, 1.54) is 12.8 Å². The van der Waals surface area contributed by atoms with E-state index >= 15 is 0 Å². The lowest BCUT2D eigenvalue weighted by molar-refractivity contribution is 0.0462. The lowest BCUT2D eigenvalue weighted by Gasteiger charge is -2.32. The molecule has 0 saturated heterocycles. The number of nitrogens with two attached hydrogens (primary N) is 1. The summed E-state index contributed by atoms with van der Waals surface area (Å²) in [5.74, 6) is 0. The lowest BCUT2D eigenvalue weighted by atomic mass is 9.79. The van der Waals surface area contributed by atoms with Gasteiger partial charge in [-0.05, 0) is 25.7 Å². The van der Waals surface area contributed by atoms with E-state index in [4.69, 9.17) is 5.73 Å². The quantitative estimate of drug-likeness (QED) is 0.549. The highest BCUT2D eigenvalue weighted by molar-refractivity contribution is 5.02. The minimum atomic E-state index is -0.0972. The molecule has 2 saturated carbocycles. The van der Waals surface area contributed by atoms with Gasteiger partial charge in [0.25, 0.3) is 0 Å². The fourth-order valence-electron chi connectivity index (χ4n) is 2.93. The third-order valence-corrected chi connectivity index (χ3v) is 3.68. The van der Waals surface area contributed by atoms with Crippen LogP contribution < -0.4 is 5.73 Å². The number of aliphatic hydroxyl groups excluding tert-OH is 1. The Morgan fingerprint density at radius 2 is 1.82 bits per heavy atom. The first-order chi connectivity index (χ1) is 5.26. The normalized spacial score (nSPS) is 50.7. The maximum absolute atomic E-state index is 9.77. The summed E-state index contributed by atoms with van der Waals surface area (Å²) in [4.78, 5) is 0. The molecular formula is C9H17NO. The number of aliphatic hydroxyl groups is 1. The monoisotopic (exact) mass is 155 g/mol.